The molecule has 2 heterocycles. The van der Waals surface area contributed by atoms with Crippen molar-refractivity contribution in [3.63, 3.8) is 0 Å². The first-order valence-corrected chi connectivity index (χ1v) is 9.67. The summed E-state index contributed by atoms with van der Waals surface area (Å²) in [5, 5.41) is 4.38. The molecule has 1 N–H and O–H groups in total. The van der Waals surface area contributed by atoms with Crippen LogP contribution in [0.5, 0.6) is 0 Å². The molecule has 5 heteroatoms. The van der Waals surface area contributed by atoms with Gasteiger partial charge in [-0.1, -0.05) is 35.6 Å². The Hall–Kier alpha value is -1.88. The molecule has 1 aromatic carbocycles. The van der Waals surface area contributed by atoms with E-state index in [1.165, 1.54) is 4.70 Å². The summed E-state index contributed by atoms with van der Waals surface area (Å²) < 4.78 is 1.24. The zero-order valence-electron chi connectivity index (χ0n) is 13.8. The van der Waals surface area contributed by atoms with Gasteiger partial charge < -0.3 is 10.2 Å². The topological polar surface area (TPSA) is 45.2 Å². The molecule has 1 fully saturated rings. The Morgan fingerprint density at radius 2 is 2.00 bits per heavy atom. The number of rotatable bonds is 3. The Balaban J connectivity index is 1.33. The number of amides is 1. The van der Waals surface area contributed by atoms with Crippen molar-refractivity contribution >= 4 is 32.6 Å². The van der Waals surface area contributed by atoms with Crippen LogP contribution in [0.4, 0.5) is 5.13 Å². The maximum absolute atomic E-state index is 12.4. The number of fused-ring (bicyclic) bond motifs is 1. The van der Waals surface area contributed by atoms with Crippen LogP contribution in [0.2, 0.25) is 0 Å². The predicted molar refractivity (Wildman–Crippen MR) is 99.5 cm³/mol. The Kier molecular flexibility index (Phi) is 4.52. The van der Waals surface area contributed by atoms with Crippen LogP contribution in [0, 0.1) is 5.92 Å². The average molecular weight is 341 g/mol. The first-order chi connectivity index (χ1) is 11.8. The van der Waals surface area contributed by atoms with Gasteiger partial charge in [-0.2, -0.15) is 0 Å². The van der Waals surface area contributed by atoms with Gasteiger partial charge >= 0.3 is 0 Å². The van der Waals surface area contributed by atoms with Crippen LogP contribution < -0.4 is 10.2 Å². The van der Waals surface area contributed by atoms with Crippen molar-refractivity contribution in [2.24, 2.45) is 5.92 Å². The molecule has 0 bridgehead atoms. The van der Waals surface area contributed by atoms with Gasteiger partial charge in [0, 0.05) is 25.0 Å². The SMILES string of the molecule is O=C(NC1CCN(c2nc3ccccc3s2)CC1)[C@H]1CC=CCC1. The van der Waals surface area contributed by atoms with Crippen molar-refractivity contribution in [2.75, 3.05) is 18.0 Å². The van der Waals surface area contributed by atoms with Crippen LogP contribution in [-0.4, -0.2) is 30.0 Å². The van der Waals surface area contributed by atoms with Crippen molar-refractivity contribution in [1.82, 2.24) is 10.3 Å². The van der Waals surface area contributed by atoms with E-state index in [1.54, 1.807) is 11.3 Å². The van der Waals surface area contributed by atoms with Gasteiger partial charge in [0.25, 0.3) is 0 Å². The summed E-state index contributed by atoms with van der Waals surface area (Å²) in [6.45, 7) is 1.94. The lowest BCUT2D eigenvalue weighted by Gasteiger charge is -2.33. The zero-order chi connectivity index (χ0) is 16.4. The number of allylic oxidation sites excluding steroid dienone is 2. The fraction of sp³-hybridized carbons (Fsp3) is 0.474. The minimum Gasteiger partial charge on any atom is -0.353 e. The highest BCUT2D eigenvalue weighted by Crippen LogP contribution is 2.30. The van der Waals surface area contributed by atoms with E-state index in [9.17, 15) is 4.79 Å². The molecule has 1 aliphatic heterocycles. The minimum absolute atomic E-state index is 0.178. The number of benzene rings is 1. The molecule has 2 aromatic rings. The number of carbonyl (C=O) groups is 1. The van der Waals surface area contributed by atoms with Crippen LogP contribution in [0.15, 0.2) is 36.4 Å². The summed E-state index contributed by atoms with van der Waals surface area (Å²) in [6, 6.07) is 8.61. The molecule has 1 amide bonds. The number of thiazole rings is 1. The van der Waals surface area contributed by atoms with E-state index < -0.39 is 0 Å². The number of nitrogens with zero attached hydrogens (tertiary/aromatic N) is 2. The molecule has 0 spiro atoms. The van der Waals surface area contributed by atoms with Crippen molar-refractivity contribution in [3.05, 3.63) is 36.4 Å². The van der Waals surface area contributed by atoms with E-state index in [2.05, 4.69) is 40.6 Å². The summed E-state index contributed by atoms with van der Waals surface area (Å²) in [6.07, 6.45) is 9.26. The summed E-state index contributed by atoms with van der Waals surface area (Å²) in [4.78, 5) is 19.5. The normalized spacial score (nSPS) is 22.0. The first-order valence-electron chi connectivity index (χ1n) is 8.85. The first kappa shape index (κ1) is 15.6. The summed E-state index contributed by atoms with van der Waals surface area (Å²) >= 11 is 1.76. The van der Waals surface area contributed by atoms with Gasteiger partial charge in [0.05, 0.1) is 10.2 Å². The van der Waals surface area contributed by atoms with Gasteiger partial charge in [0.1, 0.15) is 0 Å². The summed E-state index contributed by atoms with van der Waals surface area (Å²) in [5.74, 6) is 0.426. The van der Waals surface area contributed by atoms with Crippen LogP contribution in [0.1, 0.15) is 32.1 Å². The molecule has 24 heavy (non-hydrogen) atoms. The molecule has 0 radical (unpaired) electrons. The van der Waals surface area contributed by atoms with E-state index >= 15 is 0 Å². The van der Waals surface area contributed by atoms with Crippen LogP contribution >= 0.6 is 11.3 Å². The Morgan fingerprint density at radius 1 is 1.17 bits per heavy atom. The third-order valence-corrected chi connectivity index (χ3v) is 6.13. The standard InChI is InChI=1S/C19H23N3OS/c23-18(14-6-2-1-3-7-14)20-15-10-12-22(13-11-15)19-21-16-8-4-5-9-17(16)24-19/h1-2,4-5,8-9,14-15H,3,6-7,10-13H2,(H,20,23)/t14-/m0/s1. The number of hydrogen-bond donors (Lipinski definition) is 1. The molecule has 1 saturated heterocycles. The van der Waals surface area contributed by atoms with Gasteiger partial charge in [-0.05, 0) is 44.2 Å². The highest BCUT2D eigenvalue weighted by molar-refractivity contribution is 7.22. The number of nitrogens with one attached hydrogen (secondary N) is 1. The van der Waals surface area contributed by atoms with Gasteiger partial charge in [-0.15, -0.1) is 0 Å². The molecule has 0 saturated carbocycles. The van der Waals surface area contributed by atoms with Crippen LogP contribution in [0.25, 0.3) is 10.2 Å². The number of carbonyl (C=O) groups excluding carboxylic acids is 1. The number of para-hydroxylation sites is 1. The van der Waals surface area contributed by atoms with E-state index in [0.29, 0.717) is 6.04 Å². The molecule has 1 aliphatic carbocycles. The largest absolute Gasteiger partial charge is 0.353 e. The van der Waals surface area contributed by atoms with Gasteiger partial charge in [-0.25, -0.2) is 4.98 Å². The molecule has 126 valence electrons. The lowest BCUT2D eigenvalue weighted by molar-refractivity contribution is -0.126. The second-order valence-electron chi connectivity index (χ2n) is 6.72. The molecule has 1 aromatic heterocycles. The van der Waals surface area contributed by atoms with Gasteiger partial charge in [-0.3, -0.25) is 4.79 Å². The zero-order valence-corrected chi connectivity index (χ0v) is 14.6. The monoisotopic (exact) mass is 341 g/mol. The van der Waals surface area contributed by atoms with E-state index in [-0.39, 0.29) is 11.8 Å². The average Bonchev–Trinajstić information content (AvgIpc) is 3.07. The molecular weight excluding hydrogens is 318 g/mol. The molecule has 4 rings (SSSR count). The van der Waals surface area contributed by atoms with Crippen LogP contribution in [-0.2, 0) is 4.79 Å². The third kappa shape index (κ3) is 3.31. The third-order valence-electron chi connectivity index (χ3n) is 5.03. The highest BCUT2D eigenvalue weighted by atomic mass is 32.1. The minimum atomic E-state index is 0.178. The lowest BCUT2D eigenvalue weighted by atomic mass is 9.93. The number of aromatic nitrogens is 1. The van der Waals surface area contributed by atoms with E-state index in [4.69, 9.17) is 4.98 Å². The van der Waals surface area contributed by atoms with Crippen molar-refractivity contribution in [1.29, 1.82) is 0 Å². The quantitative estimate of drug-likeness (QED) is 0.865. The fourth-order valence-electron chi connectivity index (χ4n) is 3.56. The number of anilines is 1. The van der Waals surface area contributed by atoms with E-state index in [0.717, 1.165) is 55.8 Å². The van der Waals surface area contributed by atoms with E-state index in [1.807, 2.05) is 6.07 Å². The maximum atomic E-state index is 12.4. The summed E-state index contributed by atoms with van der Waals surface area (Å²) in [5.41, 5.74) is 1.08. The highest BCUT2D eigenvalue weighted by Gasteiger charge is 2.25. The smallest absolute Gasteiger partial charge is 0.223 e. The lowest BCUT2D eigenvalue weighted by Crippen LogP contribution is -2.46. The Morgan fingerprint density at radius 3 is 2.75 bits per heavy atom. The number of hydrogen-bond acceptors (Lipinski definition) is 4. The predicted octanol–water partition coefficient (Wildman–Crippen LogP) is 3.74. The summed E-state index contributed by atoms with van der Waals surface area (Å²) in [7, 11) is 0. The second kappa shape index (κ2) is 6.93. The van der Waals surface area contributed by atoms with Crippen molar-refractivity contribution in [2.45, 2.75) is 38.1 Å². The molecule has 1 atom stereocenters. The Labute approximate surface area is 146 Å². The second-order valence-corrected chi connectivity index (χ2v) is 7.72. The molecular formula is C19H23N3OS. The molecule has 0 unspecified atom stereocenters. The molecule has 2 aliphatic rings. The number of piperidine rings is 1. The fourth-order valence-corrected chi connectivity index (χ4v) is 4.58. The van der Waals surface area contributed by atoms with Gasteiger partial charge in [0.15, 0.2) is 5.13 Å². The maximum Gasteiger partial charge on any atom is 0.223 e. The van der Waals surface area contributed by atoms with Crippen LogP contribution in [0.3, 0.4) is 0 Å². The Bertz CT molecular complexity index is 713. The van der Waals surface area contributed by atoms with Gasteiger partial charge in [0.2, 0.25) is 5.91 Å². The van der Waals surface area contributed by atoms with Crippen molar-refractivity contribution in [3.8, 4) is 0 Å². The molecule has 4 nitrogen and oxygen atoms in total. The van der Waals surface area contributed by atoms with Crippen molar-refractivity contribution < 1.29 is 4.79 Å².